The third kappa shape index (κ3) is 4.21. The van der Waals surface area contributed by atoms with E-state index >= 15 is 0 Å². The van der Waals surface area contributed by atoms with Crippen molar-refractivity contribution in [1.82, 2.24) is 0 Å². The van der Waals surface area contributed by atoms with Crippen LogP contribution in [0.5, 0.6) is 0 Å². The molecular formula is C18H34N+. The lowest BCUT2D eigenvalue weighted by Crippen LogP contribution is -2.46. The molecule has 0 fully saturated rings. The number of allylic oxidation sites excluding steroid dienone is 3. The molecule has 0 radical (unpaired) electrons. The smallest absolute Gasteiger partial charge is 0.104 e. The highest BCUT2D eigenvalue weighted by Crippen LogP contribution is 2.41. The van der Waals surface area contributed by atoms with Crippen molar-refractivity contribution < 1.29 is 4.48 Å². The van der Waals surface area contributed by atoms with Crippen molar-refractivity contribution >= 4 is 0 Å². The number of quaternary nitrogens is 1. The molecular weight excluding hydrogens is 230 g/mol. The van der Waals surface area contributed by atoms with E-state index in [0.29, 0.717) is 17.4 Å². The lowest BCUT2D eigenvalue weighted by molar-refractivity contribution is -0.906. The van der Waals surface area contributed by atoms with Gasteiger partial charge in [0, 0.05) is 5.92 Å². The van der Waals surface area contributed by atoms with E-state index in [-0.39, 0.29) is 0 Å². The second-order valence-electron chi connectivity index (χ2n) is 7.58. The monoisotopic (exact) mass is 264 g/mol. The van der Waals surface area contributed by atoms with Gasteiger partial charge >= 0.3 is 0 Å². The maximum atomic E-state index is 2.48. The van der Waals surface area contributed by atoms with Crippen LogP contribution in [0.3, 0.4) is 0 Å². The van der Waals surface area contributed by atoms with Crippen LogP contribution in [-0.2, 0) is 0 Å². The molecule has 0 aromatic heterocycles. The Bertz CT molecular complexity index is 347. The molecule has 1 aliphatic carbocycles. The Morgan fingerprint density at radius 1 is 1.42 bits per heavy atom. The van der Waals surface area contributed by atoms with Crippen LogP contribution in [0, 0.1) is 11.3 Å². The zero-order valence-electron chi connectivity index (χ0n) is 14.2. The fraction of sp³-hybridized carbons (Fsp3) is 0.778. The van der Waals surface area contributed by atoms with Crippen LogP contribution < -0.4 is 0 Å². The Morgan fingerprint density at radius 3 is 2.58 bits per heavy atom. The van der Waals surface area contributed by atoms with Gasteiger partial charge in [0.15, 0.2) is 0 Å². The molecule has 0 saturated heterocycles. The van der Waals surface area contributed by atoms with Gasteiger partial charge in [-0.1, -0.05) is 38.5 Å². The molecule has 110 valence electrons. The third-order valence-electron chi connectivity index (χ3n) is 5.07. The van der Waals surface area contributed by atoms with Crippen LogP contribution in [0.15, 0.2) is 23.8 Å². The summed E-state index contributed by atoms with van der Waals surface area (Å²) in [5, 5.41) is 0. The molecule has 0 amide bonds. The normalized spacial score (nSPS) is 25.4. The number of hydrogen-bond donors (Lipinski definition) is 0. The van der Waals surface area contributed by atoms with Gasteiger partial charge in [0.05, 0.1) is 20.6 Å². The molecule has 0 bridgehead atoms. The molecule has 0 aromatic rings. The molecule has 0 N–H and O–H groups in total. The van der Waals surface area contributed by atoms with Gasteiger partial charge in [0.25, 0.3) is 0 Å². The first kappa shape index (κ1) is 16.5. The zero-order chi connectivity index (χ0) is 14.7. The summed E-state index contributed by atoms with van der Waals surface area (Å²) >= 11 is 0. The average molecular weight is 264 g/mol. The number of likely N-dealkylation sites (N-methyl/N-ethyl adjacent to an activating group) is 1. The Labute approximate surface area is 121 Å². The van der Waals surface area contributed by atoms with E-state index in [1.54, 1.807) is 5.57 Å². The maximum absolute atomic E-state index is 2.48. The minimum absolute atomic E-state index is 0.414. The van der Waals surface area contributed by atoms with Gasteiger partial charge in [-0.25, -0.2) is 0 Å². The molecule has 2 atom stereocenters. The van der Waals surface area contributed by atoms with Crippen molar-refractivity contribution in [3.63, 3.8) is 0 Å². The summed E-state index contributed by atoms with van der Waals surface area (Å²) in [4.78, 5) is 0. The number of rotatable bonds is 5. The highest BCUT2D eigenvalue weighted by molar-refractivity contribution is 5.19. The van der Waals surface area contributed by atoms with E-state index in [9.17, 15) is 0 Å². The molecule has 0 spiro atoms. The second-order valence-corrected chi connectivity index (χ2v) is 7.58. The quantitative estimate of drug-likeness (QED) is 0.494. The summed E-state index contributed by atoms with van der Waals surface area (Å²) in [5.74, 6) is 0.616. The lowest BCUT2D eigenvalue weighted by atomic mass is 9.68. The van der Waals surface area contributed by atoms with Crippen LogP contribution in [0.2, 0.25) is 0 Å². The molecule has 19 heavy (non-hydrogen) atoms. The number of nitrogens with zero attached hydrogens (tertiary/aromatic N) is 1. The summed E-state index contributed by atoms with van der Waals surface area (Å²) in [5.41, 5.74) is 1.97. The molecule has 1 nitrogen and oxygen atoms in total. The fourth-order valence-corrected chi connectivity index (χ4v) is 3.27. The fourth-order valence-electron chi connectivity index (χ4n) is 3.27. The Morgan fingerprint density at radius 2 is 2.05 bits per heavy atom. The van der Waals surface area contributed by atoms with Crippen LogP contribution in [0.4, 0.5) is 0 Å². The van der Waals surface area contributed by atoms with Gasteiger partial charge in [0.2, 0.25) is 0 Å². The first-order valence-corrected chi connectivity index (χ1v) is 7.88. The third-order valence-corrected chi connectivity index (χ3v) is 5.07. The van der Waals surface area contributed by atoms with Crippen LogP contribution in [0.25, 0.3) is 0 Å². The van der Waals surface area contributed by atoms with E-state index in [2.05, 4.69) is 66.9 Å². The van der Waals surface area contributed by atoms with Crippen molar-refractivity contribution in [3.05, 3.63) is 23.8 Å². The molecule has 1 heteroatoms. The largest absolute Gasteiger partial charge is 0.323 e. The molecule has 1 aliphatic rings. The standard InChI is InChI=1S/C18H34N/c1-8-14-19(6,7)16(3)11-12-17-15(2)10-9-13-18(17,4)5/h10-12,16-17H,8-9,13-14H2,1-7H3/q+1/b12-11+. The topological polar surface area (TPSA) is 0 Å². The van der Waals surface area contributed by atoms with Gasteiger partial charge in [-0.15, -0.1) is 0 Å². The average Bonchev–Trinajstić information content (AvgIpc) is 2.27. The molecule has 0 saturated carbocycles. The second kappa shape index (κ2) is 6.26. The van der Waals surface area contributed by atoms with E-state index in [4.69, 9.17) is 0 Å². The van der Waals surface area contributed by atoms with Crippen molar-refractivity contribution in [2.45, 2.75) is 59.9 Å². The predicted molar refractivity (Wildman–Crippen MR) is 86.1 cm³/mol. The SMILES string of the molecule is CCC[N+](C)(C)C(C)/C=C/C1C(C)=CCCC1(C)C. The minimum atomic E-state index is 0.414. The van der Waals surface area contributed by atoms with E-state index < -0.39 is 0 Å². The highest BCUT2D eigenvalue weighted by atomic mass is 15.3. The molecule has 0 heterocycles. The molecule has 0 aromatic carbocycles. The van der Waals surface area contributed by atoms with Crippen molar-refractivity contribution in [3.8, 4) is 0 Å². The van der Waals surface area contributed by atoms with E-state index in [1.807, 2.05) is 0 Å². The summed E-state index contributed by atoms with van der Waals surface area (Å²) in [7, 11) is 4.68. The highest BCUT2D eigenvalue weighted by Gasteiger charge is 2.31. The van der Waals surface area contributed by atoms with E-state index in [1.165, 1.54) is 25.8 Å². The maximum Gasteiger partial charge on any atom is 0.104 e. The molecule has 2 unspecified atom stereocenters. The van der Waals surface area contributed by atoms with Crippen molar-refractivity contribution in [1.29, 1.82) is 0 Å². The van der Waals surface area contributed by atoms with Crippen molar-refractivity contribution in [2.24, 2.45) is 11.3 Å². The van der Waals surface area contributed by atoms with Crippen LogP contribution >= 0.6 is 0 Å². The van der Waals surface area contributed by atoms with Gasteiger partial charge in [-0.3, -0.25) is 0 Å². The van der Waals surface area contributed by atoms with Gasteiger partial charge in [-0.05, 0) is 44.6 Å². The van der Waals surface area contributed by atoms with Crippen LogP contribution in [0.1, 0.15) is 53.9 Å². The minimum Gasteiger partial charge on any atom is -0.323 e. The van der Waals surface area contributed by atoms with Gasteiger partial charge < -0.3 is 4.48 Å². The van der Waals surface area contributed by atoms with Crippen LogP contribution in [-0.4, -0.2) is 31.2 Å². The van der Waals surface area contributed by atoms with E-state index in [0.717, 1.165) is 4.48 Å². The lowest BCUT2D eigenvalue weighted by Gasteiger charge is -2.38. The Hall–Kier alpha value is -0.560. The summed E-state index contributed by atoms with van der Waals surface area (Å²) in [6.07, 6.45) is 11.2. The first-order valence-electron chi connectivity index (χ1n) is 7.88. The Balaban J connectivity index is 2.80. The zero-order valence-corrected chi connectivity index (χ0v) is 14.2. The number of hydrogen-bond acceptors (Lipinski definition) is 0. The molecule has 0 aliphatic heterocycles. The molecule has 1 rings (SSSR count). The first-order chi connectivity index (χ1) is 8.70. The summed E-state index contributed by atoms with van der Waals surface area (Å²) in [6, 6.07) is 0.588. The predicted octanol–water partition coefficient (Wildman–Crippen LogP) is 4.80. The summed E-state index contributed by atoms with van der Waals surface area (Å²) < 4.78 is 1.09. The van der Waals surface area contributed by atoms with Gasteiger partial charge in [-0.2, -0.15) is 0 Å². The van der Waals surface area contributed by atoms with Crippen molar-refractivity contribution in [2.75, 3.05) is 20.6 Å². The summed E-state index contributed by atoms with van der Waals surface area (Å²) in [6.45, 7) is 13.0. The Kier molecular flexibility index (Phi) is 5.43. The van der Waals surface area contributed by atoms with Gasteiger partial charge in [0.1, 0.15) is 6.04 Å².